The van der Waals surface area contributed by atoms with Gasteiger partial charge in [0, 0.05) is 26.2 Å². The molecule has 0 radical (unpaired) electrons. The van der Waals surface area contributed by atoms with Crippen LogP contribution in [0.15, 0.2) is 92.3 Å². The van der Waals surface area contributed by atoms with Crippen LogP contribution in [0.2, 0.25) is 0 Å². The predicted molar refractivity (Wildman–Crippen MR) is 225 cm³/mol. The van der Waals surface area contributed by atoms with Crippen LogP contribution in [0.5, 0.6) is 0 Å². The van der Waals surface area contributed by atoms with Crippen LogP contribution < -0.4 is 0 Å². The maximum Gasteiger partial charge on any atom is 0.261 e. The molecule has 4 aromatic rings. The first-order chi connectivity index (χ1) is 27.0. The molecule has 0 fully saturated rings. The molecule has 8 heterocycles. The fraction of sp³-hybridized carbons (Fsp3) is 0.349. The minimum atomic E-state index is -0.177. The number of carbonyl (C=O) groups is 4. The van der Waals surface area contributed by atoms with Crippen LogP contribution in [0, 0.1) is 0 Å². The Balaban J connectivity index is 1.11. The standard InChI is InChI=1S/C43H44N4O4S4/c1-3-5-7-9-20-44-36(28-16-11-24-52-28)32-34(40(44)48)38(30-18-13-26-54-30)46(42(32)50)22-15-23-47-39(31-19-14-27-55-31)35-33(43(47)51)37(29-17-12-25-53-29)45(41(35)49)21-10-8-6-4-2/h11-14,16-19,24-27H,3-10,15,20-23H2,1-2H3. The molecule has 4 aliphatic rings. The van der Waals surface area contributed by atoms with Gasteiger partial charge in [0.05, 0.1) is 64.6 Å². The van der Waals surface area contributed by atoms with Gasteiger partial charge in [-0.15, -0.1) is 45.3 Å². The largest absolute Gasteiger partial charge is 0.306 e. The van der Waals surface area contributed by atoms with E-state index in [4.69, 9.17) is 0 Å². The van der Waals surface area contributed by atoms with Crippen molar-refractivity contribution in [1.29, 1.82) is 0 Å². The molecule has 55 heavy (non-hydrogen) atoms. The monoisotopic (exact) mass is 808 g/mol. The lowest BCUT2D eigenvalue weighted by molar-refractivity contribution is -0.124. The molecule has 4 aliphatic heterocycles. The topological polar surface area (TPSA) is 81.2 Å². The number of thiophene rings is 4. The highest BCUT2D eigenvalue weighted by molar-refractivity contribution is 7.12. The molecule has 8 rings (SSSR count). The van der Waals surface area contributed by atoms with Crippen molar-refractivity contribution in [3.05, 3.63) is 112 Å². The van der Waals surface area contributed by atoms with E-state index < -0.39 is 0 Å². The highest BCUT2D eigenvalue weighted by atomic mass is 32.1. The van der Waals surface area contributed by atoms with Gasteiger partial charge in [-0.3, -0.25) is 19.2 Å². The quantitative estimate of drug-likeness (QED) is 0.0938. The summed E-state index contributed by atoms with van der Waals surface area (Å²) in [4.78, 5) is 68.9. The Bertz CT molecular complexity index is 2050. The van der Waals surface area contributed by atoms with Crippen molar-refractivity contribution in [2.75, 3.05) is 26.2 Å². The van der Waals surface area contributed by atoms with Crippen molar-refractivity contribution in [2.24, 2.45) is 0 Å². The lowest BCUT2D eigenvalue weighted by atomic mass is 10.1. The number of carbonyl (C=O) groups excluding carboxylic acids is 4. The molecule has 284 valence electrons. The SMILES string of the molecule is CCCCCCN1C(=O)C2=C(c3cccs3)N(CCCN3C(=O)C4=C(c5cccs5)N(CCCCCC)C(=O)C4=C3c3cccs3)C(=O)C2=C1c1cccs1. The highest BCUT2D eigenvalue weighted by Gasteiger charge is 2.51. The number of nitrogens with zero attached hydrogens (tertiary/aromatic N) is 4. The summed E-state index contributed by atoms with van der Waals surface area (Å²) in [5, 5.41) is 7.91. The van der Waals surface area contributed by atoms with E-state index in [1.54, 1.807) is 32.5 Å². The van der Waals surface area contributed by atoms with Gasteiger partial charge in [-0.05, 0) is 65.0 Å². The van der Waals surface area contributed by atoms with Gasteiger partial charge in [0.25, 0.3) is 23.6 Å². The number of hydrogen-bond acceptors (Lipinski definition) is 8. The zero-order valence-electron chi connectivity index (χ0n) is 31.2. The molecular weight excluding hydrogens is 765 g/mol. The van der Waals surface area contributed by atoms with Crippen molar-refractivity contribution in [1.82, 2.24) is 19.6 Å². The Morgan fingerprint density at radius 2 is 0.655 bits per heavy atom. The number of rotatable bonds is 18. The summed E-state index contributed by atoms with van der Waals surface area (Å²) < 4.78 is 0. The molecule has 0 spiro atoms. The highest BCUT2D eigenvalue weighted by Crippen LogP contribution is 2.50. The van der Waals surface area contributed by atoms with E-state index in [0.717, 1.165) is 70.9 Å². The zero-order valence-corrected chi connectivity index (χ0v) is 34.4. The molecular formula is C43H44N4O4S4. The van der Waals surface area contributed by atoms with Gasteiger partial charge in [0.15, 0.2) is 0 Å². The molecule has 0 aliphatic carbocycles. The van der Waals surface area contributed by atoms with Gasteiger partial charge < -0.3 is 19.6 Å². The molecule has 8 nitrogen and oxygen atoms in total. The van der Waals surface area contributed by atoms with Gasteiger partial charge in [0.2, 0.25) is 0 Å². The first-order valence-corrected chi connectivity index (χ1v) is 22.9. The lowest BCUT2D eigenvalue weighted by Gasteiger charge is -2.26. The van der Waals surface area contributed by atoms with Crippen LogP contribution in [-0.4, -0.2) is 69.4 Å². The molecule has 12 heteroatoms. The van der Waals surface area contributed by atoms with Crippen LogP contribution >= 0.6 is 45.3 Å². The molecule has 4 amide bonds. The van der Waals surface area contributed by atoms with E-state index in [2.05, 4.69) is 13.8 Å². The van der Waals surface area contributed by atoms with E-state index >= 15 is 0 Å². The molecule has 0 saturated carbocycles. The van der Waals surface area contributed by atoms with E-state index in [-0.39, 0.29) is 23.6 Å². The van der Waals surface area contributed by atoms with Gasteiger partial charge in [-0.1, -0.05) is 76.6 Å². The molecule has 0 aromatic carbocycles. The summed E-state index contributed by atoms with van der Waals surface area (Å²) >= 11 is 6.12. The summed E-state index contributed by atoms with van der Waals surface area (Å²) in [5.74, 6) is -0.590. The van der Waals surface area contributed by atoms with Crippen molar-refractivity contribution < 1.29 is 19.2 Å². The van der Waals surface area contributed by atoms with E-state index in [1.165, 1.54) is 22.7 Å². The van der Waals surface area contributed by atoms with Gasteiger partial charge in [-0.2, -0.15) is 0 Å². The van der Waals surface area contributed by atoms with Crippen LogP contribution in [0.25, 0.3) is 22.8 Å². The summed E-state index contributed by atoms with van der Waals surface area (Å²) in [5.41, 5.74) is 4.66. The van der Waals surface area contributed by atoms with E-state index in [1.807, 2.05) is 79.9 Å². The number of unbranched alkanes of at least 4 members (excludes halogenated alkanes) is 6. The Hall–Kier alpha value is -4.36. The van der Waals surface area contributed by atoms with Crippen LogP contribution in [-0.2, 0) is 19.2 Å². The second-order valence-corrected chi connectivity index (χ2v) is 17.9. The Morgan fingerprint density at radius 1 is 0.382 bits per heavy atom. The summed E-state index contributed by atoms with van der Waals surface area (Å²) in [6.07, 6.45) is 8.66. The Kier molecular flexibility index (Phi) is 11.2. The van der Waals surface area contributed by atoms with Crippen LogP contribution in [0.3, 0.4) is 0 Å². The molecule has 0 atom stereocenters. The average molecular weight is 809 g/mol. The van der Waals surface area contributed by atoms with Gasteiger partial charge in [-0.25, -0.2) is 0 Å². The van der Waals surface area contributed by atoms with Crippen LogP contribution in [0.1, 0.15) is 91.1 Å². The fourth-order valence-corrected chi connectivity index (χ4v) is 11.2. The first-order valence-electron chi connectivity index (χ1n) is 19.4. The average Bonchev–Trinajstić information content (AvgIpc) is 4.04. The molecule has 4 aromatic heterocycles. The first kappa shape index (κ1) is 37.6. The van der Waals surface area contributed by atoms with Gasteiger partial charge in [0.1, 0.15) is 0 Å². The van der Waals surface area contributed by atoms with Crippen LogP contribution in [0.4, 0.5) is 0 Å². The third-order valence-electron chi connectivity index (χ3n) is 10.6. The van der Waals surface area contributed by atoms with Crippen molar-refractivity contribution in [3.63, 3.8) is 0 Å². The number of hydrogen-bond donors (Lipinski definition) is 0. The normalized spacial score (nSPS) is 17.2. The molecule has 0 saturated heterocycles. The Morgan fingerprint density at radius 3 is 0.891 bits per heavy atom. The smallest absolute Gasteiger partial charge is 0.261 e. The minimum Gasteiger partial charge on any atom is -0.306 e. The Labute approximate surface area is 338 Å². The summed E-state index contributed by atoms with van der Waals surface area (Å²) in [7, 11) is 0. The molecule has 0 N–H and O–H groups in total. The van der Waals surface area contributed by atoms with Crippen molar-refractivity contribution >= 4 is 91.8 Å². The number of amides is 4. The van der Waals surface area contributed by atoms with E-state index in [9.17, 15) is 19.2 Å². The minimum absolute atomic E-state index is 0.118. The van der Waals surface area contributed by atoms with Crippen molar-refractivity contribution in [3.8, 4) is 0 Å². The third kappa shape index (κ3) is 6.70. The predicted octanol–water partition coefficient (Wildman–Crippen LogP) is 9.80. The van der Waals surface area contributed by atoms with Crippen molar-refractivity contribution in [2.45, 2.75) is 71.6 Å². The second kappa shape index (κ2) is 16.4. The molecule has 0 unspecified atom stereocenters. The summed E-state index contributed by atoms with van der Waals surface area (Å²) in [6, 6.07) is 15.8. The summed E-state index contributed by atoms with van der Waals surface area (Å²) in [6.45, 7) is 6.10. The fourth-order valence-electron chi connectivity index (χ4n) is 8.10. The van der Waals surface area contributed by atoms with E-state index in [0.29, 0.717) is 77.7 Å². The van der Waals surface area contributed by atoms with Gasteiger partial charge >= 0.3 is 0 Å². The lowest BCUT2D eigenvalue weighted by Crippen LogP contribution is -2.34. The zero-order chi connectivity index (χ0) is 38.1. The second-order valence-electron chi connectivity index (χ2n) is 14.1. The maximum atomic E-state index is 14.7. The number of fused-ring (bicyclic) bond motifs is 2. The third-order valence-corrected chi connectivity index (χ3v) is 14.1. The molecule has 0 bridgehead atoms. The maximum absolute atomic E-state index is 14.7.